The van der Waals surface area contributed by atoms with Crippen molar-refractivity contribution in [2.24, 2.45) is 0 Å². The summed E-state index contributed by atoms with van der Waals surface area (Å²) in [6.45, 7) is 6.14. The van der Waals surface area contributed by atoms with Crippen molar-refractivity contribution < 1.29 is 29.3 Å². The van der Waals surface area contributed by atoms with Crippen molar-refractivity contribution in [3.8, 4) is 11.1 Å². The van der Waals surface area contributed by atoms with Gasteiger partial charge in [-0.25, -0.2) is 0 Å². The average Bonchev–Trinajstić information content (AvgIpc) is 3.67. The van der Waals surface area contributed by atoms with Gasteiger partial charge >= 0.3 is 5.97 Å². The van der Waals surface area contributed by atoms with Gasteiger partial charge in [-0.3, -0.25) is 14.5 Å². The molecule has 1 saturated carbocycles. The minimum absolute atomic E-state index is 0.00433. The lowest BCUT2D eigenvalue weighted by Crippen LogP contribution is -2.43. The zero-order chi connectivity index (χ0) is 34.4. The van der Waals surface area contributed by atoms with Crippen LogP contribution >= 0.6 is 0 Å². The van der Waals surface area contributed by atoms with Crippen LogP contribution in [0.15, 0.2) is 85.5 Å². The quantitative estimate of drug-likeness (QED) is 0.0936. The van der Waals surface area contributed by atoms with Gasteiger partial charge in [0, 0.05) is 50.5 Å². The summed E-state index contributed by atoms with van der Waals surface area (Å²) in [5, 5.41) is 21.4. The van der Waals surface area contributed by atoms with E-state index in [9.17, 15) is 14.7 Å². The second-order valence-corrected chi connectivity index (χ2v) is 13.4. The number of hydrogen-bond acceptors (Lipinski definition) is 6. The molecule has 3 atom stereocenters. The summed E-state index contributed by atoms with van der Waals surface area (Å²) in [7, 11) is 0. The Bertz CT molecular complexity index is 1480. The molecular formula is C41H52N2O6. The molecule has 1 aliphatic heterocycles. The van der Waals surface area contributed by atoms with Crippen LogP contribution in [0.1, 0.15) is 105 Å². The number of aliphatic carboxylic acids is 1. The van der Waals surface area contributed by atoms with E-state index in [1.807, 2.05) is 36.4 Å². The van der Waals surface area contributed by atoms with Gasteiger partial charge in [0.15, 0.2) is 6.29 Å². The number of carboxylic acid groups (broad SMARTS) is 1. The highest BCUT2D eigenvalue weighted by Gasteiger charge is 2.34. The lowest BCUT2D eigenvalue weighted by Gasteiger charge is -2.39. The van der Waals surface area contributed by atoms with Crippen LogP contribution < -0.4 is 5.32 Å². The third-order valence-corrected chi connectivity index (χ3v) is 9.79. The number of aliphatic hydroxyl groups is 1. The molecule has 1 saturated heterocycles. The number of nitrogens with zero attached hydrogens (tertiary/aromatic N) is 1. The molecule has 3 unspecified atom stereocenters. The molecule has 1 amide bonds. The summed E-state index contributed by atoms with van der Waals surface area (Å²) in [4.78, 5) is 25.7. The maximum absolute atomic E-state index is 12.5. The number of unbranched alkanes of at least 4 members (excludes halogenated alkanes) is 3. The van der Waals surface area contributed by atoms with Crippen molar-refractivity contribution in [1.82, 2.24) is 10.2 Å². The Kier molecular flexibility index (Phi) is 14.0. The van der Waals surface area contributed by atoms with E-state index in [4.69, 9.17) is 14.6 Å². The Morgan fingerprint density at radius 3 is 2.27 bits per heavy atom. The van der Waals surface area contributed by atoms with Gasteiger partial charge in [0.1, 0.15) is 0 Å². The minimum atomic E-state index is -0.772. The average molecular weight is 669 g/mol. The summed E-state index contributed by atoms with van der Waals surface area (Å²) >= 11 is 0. The third-order valence-electron chi connectivity index (χ3n) is 9.79. The van der Waals surface area contributed by atoms with Crippen molar-refractivity contribution in [1.29, 1.82) is 0 Å². The van der Waals surface area contributed by atoms with E-state index < -0.39 is 12.3 Å². The van der Waals surface area contributed by atoms with Crippen LogP contribution in [0.4, 0.5) is 0 Å². The predicted molar refractivity (Wildman–Crippen MR) is 192 cm³/mol. The zero-order valence-electron chi connectivity index (χ0n) is 28.6. The smallest absolute Gasteiger partial charge is 0.303 e. The summed E-state index contributed by atoms with van der Waals surface area (Å²) < 4.78 is 13.3. The number of hydrogen-bond donors (Lipinski definition) is 3. The number of nitrogens with one attached hydrogen (secondary N) is 1. The van der Waals surface area contributed by atoms with E-state index in [1.165, 1.54) is 25.7 Å². The van der Waals surface area contributed by atoms with Gasteiger partial charge in [-0.2, -0.15) is 0 Å². The highest BCUT2D eigenvalue weighted by Crippen LogP contribution is 2.39. The van der Waals surface area contributed by atoms with Crippen molar-refractivity contribution in [2.75, 3.05) is 13.1 Å². The molecule has 49 heavy (non-hydrogen) atoms. The number of ether oxygens (including phenoxy) is 2. The monoisotopic (exact) mass is 668 g/mol. The van der Waals surface area contributed by atoms with Crippen molar-refractivity contribution in [2.45, 2.75) is 108 Å². The van der Waals surface area contributed by atoms with Crippen LogP contribution in [0.2, 0.25) is 0 Å². The molecule has 8 nitrogen and oxygen atoms in total. The summed E-state index contributed by atoms with van der Waals surface area (Å²) in [6.07, 6.45) is 10.7. The molecule has 262 valence electrons. The Labute approximate surface area is 291 Å². The first-order valence-corrected chi connectivity index (χ1v) is 18.0. The molecule has 0 radical (unpaired) electrons. The van der Waals surface area contributed by atoms with Crippen LogP contribution in [-0.2, 0) is 32.2 Å². The normalized spacial score (nSPS) is 19.6. The van der Waals surface area contributed by atoms with Gasteiger partial charge in [0.2, 0.25) is 5.91 Å². The third kappa shape index (κ3) is 10.8. The molecule has 3 aromatic carbocycles. The van der Waals surface area contributed by atoms with Gasteiger partial charge in [-0.05, 0) is 53.5 Å². The second-order valence-electron chi connectivity index (χ2n) is 13.4. The van der Waals surface area contributed by atoms with Gasteiger partial charge < -0.3 is 25.0 Å². The van der Waals surface area contributed by atoms with E-state index in [2.05, 4.69) is 59.3 Å². The van der Waals surface area contributed by atoms with Crippen molar-refractivity contribution in [3.63, 3.8) is 0 Å². The molecular weight excluding hydrogens is 616 g/mol. The summed E-state index contributed by atoms with van der Waals surface area (Å²) in [6, 6.07) is 25.0. The lowest BCUT2D eigenvalue weighted by molar-refractivity contribution is -0.253. The van der Waals surface area contributed by atoms with Crippen molar-refractivity contribution >= 4 is 11.9 Å². The number of carbonyl (C=O) groups excluding carboxylic acids is 1. The fourth-order valence-electron chi connectivity index (χ4n) is 7.08. The molecule has 8 heteroatoms. The standard InChI is InChI=1S/C41H52N2O6/c1-2-25-43(35-12-8-9-13-35)28-36-26-38(32-19-17-30(29-44)18-20-32)49-41(48-36)33-23-21-31(22-24-33)37-14-10-7-11-34(37)27-42-39(45)15-5-3-4-6-16-40(46)47/h2,7,10-11,14,17-24,35-36,38,41,44H,1,3-6,8-9,12-13,15-16,25-29H2,(H,42,45)(H,46,47). The lowest BCUT2D eigenvalue weighted by atomic mass is 9.97. The maximum atomic E-state index is 12.5. The van der Waals surface area contributed by atoms with Crippen molar-refractivity contribution in [3.05, 3.63) is 108 Å². The molecule has 2 fully saturated rings. The topological polar surface area (TPSA) is 108 Å². The minimum Gasteiger partial charge on any atom is -0.481 e. The fraction of sp³-hybridized carbons (Fsp3) is 0.463. The molecule has 2 aliphatic rings. The van der Waals surface area contributed by atoms with Gasteiger partial charge in [-0.1, -0.05) is 105 Å². The zero-order valence-corrected chi connectivity index (χ0v) is 28.6. The van der Waals surface area contributed by atoms with Crippen LogP contribution in [0.25, 0.3) is 11.1 Å². The maximum Gasteiger partial charge on any atom is 0.303 e. The Morgan fingerprint density at radius 2 is 1.57 bits per heavy atom. The molecule has 0 bridgehead atoms. The fourth-order valence-corrected chi connectivity index (χ4v) is 7.08. The molecule has 3 N–H and O–H groups in total. The summed E-state index contributed by atoms with van der Waals surface area (Å²) in [5.41, 5.74) is 6.06. The van der Waals surface area contributed by atoms with E-state index in [0.29, 0.717) is 25.4 Å². The first-order valence-electron chi connectivity index (χ1n) is 18.0. The van der Waals surface area contributed by atoms with E-state index in [1.54, 1.807) is 0 Å². The molecule has 1 heterocycles. The largest absolute Gasteiger partial charge is 0.481 e. The van der Waals surface area contributed by atoms with Gasteiger partial charge in [-0.15, -0.1) is 6.58 Å². The number of benzene rings is 3. The Hall–Kier alpha value is -3.82. The number of carboxylic acids is 1. The van der Waals surface area contributed by atoms with Crippen LogP contribution in [0.5, 0.6) is 0 Å². The number of rotatable bonds is 18. The Morgan fingerprint density at radius 1 is 0.878 bits per heavy atom. The first kappa shape index (κ1) is 36.5. The molecule has 5 rings (SSSR count). The Balaban J connectivity index is 1.25. The predicted octanol–water partition coefficient (Wildman–Crippen LogP) is 7.86. The number of aliphatic hydroxyl groups excluding tert-OH is 1. The number of amides is 1. The molecule has 0 aromatic heterocycles. The van der Waals surface area contributed by atoms with Crippen LogP contribution in [-0.4, -0.2) is 52.2 Å². The van der Waals surface area contributed by atoms with E-state index in [0.717, 1.165) is 72.2 Å². The van der Waals surface area contributed by atoms with E-state index >= 15 is 0 Å². The summed E-state index contributed by atoms with van der Waals surface area (Å²) in [5.74, 6) is -0.768. The molecule has 3 aromatic rings. The van der Waals surface area contributed by atoms with Crippen LogP contribution in [0.3, 0.4) is 0 Å². The van der Waals surface area contributed by atoms with Gasteiger partial charge in [0.25, 0.3) is 0 Å². The van der Waals surface area contributed by atoms with Crippen LogP contribution in [0, 0.1) is 0 Å². The van der Waals surface area contributed by atoms with Gasteiger partial charge in [0.05, 0.1) is 18.8 Å². The van der Waals surface area contributed by atoms with E-state index in [-0.39, 0.29) is 31.1 Å². The second kappa shape index (κ2) is 18.8. The molecule has 0 spiro atoms. The highest BCUT2D eigenvalue weighted by molar-refractivity contribution is 5.76. The number of carbonyl (C=O) groups is 2. The first-order chi connectivity index (χ1) is 23.9. The molecule has 1 aliphatic carbocycles. The SMILES string of the molecule is C=CCN(CC1CC(c2ccc(CO)cc2)OC(c2ccc(-c3ccccc3CNC(=O)CCCCCCC(=O)O)cc2)O1)C1CCCC1. The highest BCUT2D eigenvalue weighted by atomic mass is 16.7.